The molecule has 3 heteroatoms. The van der Waals surface area contributed by atoms with Crippen LogP contribution in [0.5, 0.6) is 5.75 Å². The van der Waals surface area contributed by atoms with Gasteiger partial charge in [0.2, 0.25) is 0 Å². The van der Waals surface area contributed by atoms with Crippen molar-refractivity contribution in [3.8, 4) is 5.75 Å². The van der Waals surface area contributed by atoms with E-state index in [1.807, 2.05) is 20.8 Å². The minimum Gasteiger partial charge on any atom is -0.489 e. The highest BCUT2D eigenvalue weighted by molar-refractivity contribution is 6.32. The highest BCUT2D eigenvalue weighted by atomic mass is 35.5. The van der Waals surface area contributed by atoms with Gasteiger partial charge in [-0.3, -0.25) is 4.79 Å². The van der Waals surface area contributed by atoms with Crippen LogP contribution in [0.25, 0.3) is 0 Å². The number of hydrogen-bond acceptors (Lipinski definition) is 2. The molecule has 0 radical (unpaired) electrons. The Kier molecular flexibility index (Phi) is 4.15. The molecule has 2 nitrogen and oxygen atoms in total. The number of benzene rings is 1. The molecule has 1 rings (SSSR count). The van der Waals surface area contributed by atoms with Crippen LogP contribution in [0, 0.1) is 0 Å². The smallest absolute Gasteiger partial charge is 0.162 e. The molecule has 0 saturated carbocycles. The molecule has 15 heavy (non-hydrogen) atoms. The third kappa shape index (κ3) is 3.24. The molecular weight excluding hydrogens is 212 g/mol. The summed E-state index contributed by atoms with van der Waals surface area (Å²) in [7, 11) is 0. The zero-order valence-electron chi connectivity index (χ0n) is 9.21. The molecule has 82 valence electrons. The summed E-state index contributed by atoms with van der Waals surface area (Å²) in [6.07, 6.45) is 0.566. The molecule has 0 aromatic heterocycles. The second-order valence-electron chi connectivity index (χ2n) is 3.59. The molecule has 0 unspecified atom stereocenters. The summed E-state index contributed by atoms with van der Waals surface area (Å²) in [6.45, 7) is 5.69. The number of carbonyl (C=O) groups is 1. The second-order valence-corrected chi connectivity index (χ2v) is 4.00. The standard InChI is InChI=1S/C12H15ClO2/c1-4-11(14)9-5-6-12(10(13)7-9)15-8(2)3/h5-8H,4H2,1-3H3. The second kappa shape index (κ2) is 5.17. The number of carbonyl (C=O) groups excluding carboxylic acids is 1. The van der Waals surface area contributed by atoms with E-state index in [2.05, 4.69) is 0 Å². The highest BCUT2D eigenvalue weighted by Gasteiger charge is 2.08. The Bertz CT molecular complexity index is 359. The van der Waals surface area contributed by atoms with Crippen LogP contribution in [0.15, 0.2) is 18.2 Å². The van der Waals surface area contributed by atoms with Gasteiger partial charge < -0.3 is 4.74 Å². The lowest BCUT2D eigenvalue weighted by Crippen LogP contribution is -2.06. The number of hydrogen-bond donors (Lipinski definition) is 0. The van der Waals surface area contributed by atoms with E-state index >= 15 is 0 Å². The van der Waals surface area contributed by atoms with Crippen molar-refractivity contribution in [2.24, 2.45) is 0 Å². The van der Waals surface area contributed by atoms with E-state index in [-0.39, 0.29) is 11.9 Å². The Labute approximate surface area is 95.2 Å². The van der Waals surface area contributed by atoms with Gasteiger partial charge in [0, 0.05) is 12.0 Å². The molecule has 0 atom stereocenters. The number of rotatable bonds is 4. The summed E-state index contributed by atoms with van der Waals surface area (Å²) in [5, 5.41) is 0.489. The summed E-state index contributed by atoms with van der Waals surface area (Å²) in [4.78, 5) is 11.4. The molecule has 0 N–H and O–H groups in total. The first-order chi connectivity index (χ1) is 7.04. The van der Waals surface area contributed by atoms with Crippen LogP contribution in [0.2, 0.25) is 5.02 Å². The van der Waals surface area contributed by atoms with Crippen molar-refractivity contribution >= 4 is 17.4 Å². The molecule has 0 bridgehead atoms. The molecule has 1 aromatic rings. The van der Waals surface area contributed by atoms with Crippen LogP contribution >= 0.6 is 11.6 Å². The molecule has 0 aliphatic heterocycles. The molecule has 0 amide bonds. The van der Waals surface area contributed by atoms with E-state index in [1.165, 1.54) is 0 Å². The lowest BCUT2D eigenvalue weighted by Gasteiger charge is -2.11. The Morgan fingerprint density at radius 3 is 2.60 bits per heavy atom. The van der Waals surface area contributed by atoms with Crippen LogP contribution in [-0.2, 0) is 0 Å². The maximum atomic E-state index is 11.4. The lowest BCUT2D eigenvalue weighted by molar-refractivity contribution is 0.0988. The molecule has 0 fully saturated rings. The van der Waals surface area contributed by atoms with Crippen LogP contribution in [-0.4, -0.2) is 11.9 Å². The molecule has 0 heterocycles. The van der Waals surface area contributed by atoms with Crippen molar-refractivity contribution in [3.05, 3.63) is 28.8 Å². The van der Waals surface area contributed by atoms with Gasteiger partial charge in [-0.25, -0.2) is 0 Å². The van der Waals surface area contributed by atoms with Crippen LogP contribution in [0.4, 0.5) is 0 Å². The SMILES string of the molecule is CCC(=O)c1ccc(OC(C)C)c(Cl)c1. The Morgan fingerprint density at radius 1 is 1.47 bits per heavy atom. The summed E-state index contributed by atoms with van der Waals surface area (Å²) in [5.74, 6) is 0.715. The Hall–Kier alpha value is -1.02. The van der Waals surface area contributed by atoms with Gasteiger partial charge in [0.05, 0.1) is 11.1 Å². The van der Waals surface area contributed by atoms with Gasteiger partial charge in [0.1, 0.15) is 5.75 Å². The predicted molar refractivity (Wildman–Crippen MR) is 61.8 cm³/mol. The van der Waals surface area contributed by atoms with Crippen molar-refractivity contribution in [1.29, 1.82) is 0 Å². The summed E-state index contributed by atoms with van der Waals surface area (Å²) in [5.41, 5.74) is 0.638. The third-order valence-electron chi connectivity index (χ3n) is 1.94. The Morgan fingerprint density at radius 2 is 2.13 bits per heavy atom. The first kappa shape index (κ1) is 12.1. The average Bonchev–Trinajstić information content (AvgIpc) is 2.19. The highest BCUT2D eigenvalue weighted by Crippen LogP contribution is 2.26. The van der Waals surface area contributed by atoms with Crippen molar-refractivity contribution in [3.63, 3.8) is 0 Å². The fourth-order valence-corrected chi connectivity index (χ4v) is 1.45. The largest absolute Gasteiger partial charge is 0.489 e. The lowest BCUT2D eigenvalue weighted by atomic mass is 10.1. The minimum atomic E-state index is 0.0789. The van der Waals surface area contributed by atoms with E-state index < -0.39 is 0 Å². The van der Waals surface area contributed by atoms with Crippen molar-refractivity contribution in [2.75, 3.05) is 0 Å². The van der Waals surface area contributed by atoms with Crippen LogP contribution in [0.3, 0.4) is 0 Å². The first-order valence-corrected chi connectivity index (χ1v) is 5.41. The van der Waals surface area contributed by atoms with Gasteiger partial charge in [-0.2, -0.15) is 0 Å². The summed E-state index contributed by atoms with van der Waals surface area (Å²) < 4.78 is 5.47. The normalized spacial score (nSPS) is 10.5. The van der Waals surface area contributed by atoms with Crippen LogP contribution in [0.1, 0.15) is 37.6 Å². The maximum Gasteiger partial charge on any atom is 0.162 e. The van der Waals surface area contributed by atoms with Crippen LogP contribution < -0.4 is 4.74 Å². The predicted octanol–water partition coefficient (Wildman–Crippen LogP) is 3.72. The van der Waals surface area contributed by atoms with Crippen molar-refractivity contribution in [1.82, 2.24) is 0 Å². The zero-order chi connectivity index (χ0) is 11.4. The fraction of sp³-hybridized carbons (Fsp3) is 0.417. The van der Waals surface area contributed by atoms with Crippen molar-refractivity contribution in [2.45, 2.75) is 33.3 Å². The summed E-state index contributed by atoms with van der Waals surface area (Å²) in [6, 6.07) is 5.14. The van der Waals surface area contributed by atoms with Gasteiger partial charge in [0.25, 0.3) is 0 Å². The molecule has 0 saturated heterocycles. The van der Waals surface area contributed by atoms with E-state index in [9.17, 15) is 4.79 Å². The van der Waals surface area contributed by atoms with Gasteiger partial charge in [-0.05, 0) is 32.0 Å². The third-order valence-corrected chi connectivity index (χ3v) is 2.23. The Balaban J connectivity index is 2.93. The average molecular weight is 227 g/mol. The number of halogens is 1. The minimum absolute atomic E-state index is 0.0789. The number of ether oxygens (including phenoxy) is 1. The molecular formula is C12H15ClO2. The van der Waals surface area contributed by atoms with E-state index in [0.717, 1.165) is 0 Å². The molecule has 0 aliphatic rings. The van der Waals surface area contributed by atoms with Gasteiger partial charge in [-0.15, -0.1) is 0 Å². The van der Waals surface area contributed by atoms with Gasteiger partial charge in [0.15, 0.2) is 5.78 Å². The van der Waals surface area contributed by atoms with Gasteiger partial charge >= 0.3 is 0 Å². The number of ketones is 1. The quantitative estimate of drug-likeness (QED) is 0.732. The zero-order valence-corrected chi connectivity index (χ0v) is 9.97. The van der Waals surface area contributed by atoms with E-state index in [4.69, 9.17) is 16.3 Å². The summed E-state index contributed by atoms with van der Waals surface area (Å²) >= 11 is 6.00. The topological polar surface area (TPSA) is 26.3 Å². The molecule has 0 spiro atoms. The molecule has 1 aromatic carbocycles. The van der Waals surface area contributed by atoms with E-state index in [1.54, 1.807) is 18.2 Å². The maximum absolute atomic E-state index is 11.4. The number of Topliss-reactive ketones (excluding diaryl/α,β-unsaturated/α-hetero) is 1. The molecule has 0 aliphatic carbocycles. The monoisotopic (exact) mass is 226 g/mol. The first-order valence-electron chi connectivity index (χ1n) is 5.04. The fourth-order valence-electron chi connectivity index (χ4n) is 1.23. The van der Waals surface area contributed by atoms with E-state index in [0.29, 0.717) is 22.8 Å². The van der Waals surface area contributed by atoms with Gasteiger partial charge in [-0.1, -0.05) is 18.5 Å². The van der Waals surface area contributed by atoms with Crippen molar-refractivity contribution < 1.29 is 9.53 Å².